The lowest BCUT2D eigenvalue weighted by atomic mass is 10.3. The molecule has 0 aliphatic carbocycles. The maximum Gasteiger partial charge on any atom is 0.198 e. The van der Waals surface area contributed by atoms with Crippen molar-refractivity contribution in [3.05, 3.63) is 12.3 Å². The molecule has 1 aliphatic heterocycles. The Hall–Kier alpha value is -1.44. The highest BCUT2D eigenvalue weighted by molar-refractivity contribution is 7.22. The maximum atomic E-state index is 5.35. The molecule has 0 atom stereocenters. The van der Waals surface area contributed by atoms with Gasteiger partial charge in [0.15, 0.2) is 5.13 Å². The molecule has 7 heteroatoms. The van der Waals surface area contributed by atoms with Crippen LogP contribution >= 0.6 is 11.3 Å². The van der Waals surface area contributed by atoms with E-state index in [1.807, 2.05) is 12.3 Å². The first-order chi connectivity index (χ1) is 8.36. The van der Waals surface area contributed by atoms with Gasteiger partial charge in [-0.25, -0.2) is 15.8 Å². The number of hydrogen-bond acceptors (Lipinski definition) is 7. The van der Waals surface area contributed by atoms with Crippen LogP contribution in [0.5, 0.6) is 0 Å². The van der Waals surface area contributed by atoms with Gasteiger partial charge in [-0.05, 0) is 0 Å². The van der Waals surface area contributed by atoms with Crippen molar-refractivity contribution in [3.8, 4) is 0 Å². The number of nitrogens with one attached hydrogen (secondary N) is 1. The van der Waals surface area contributed by atoms with Crippen LogP contribution in [0, 0.1) is 0 Å². The van der Waals surface area contributed by atoms with Crippen molar-refractivity contribution in [2.24, 2.45) is 5.84 Å². The highest BCUT2D eigenvalue weighted by Crippen LogP contribution is 2.27. The summed E-state index contributed by atoms with van der Waals surface area (Å²) in [7, 11) is 0. The lowest BCUT2D eigenvalue weighted by molar-refractivity contribution is 0.122. The molecule has 2 aromatic heterocycles. The fourth-order valence-corrected chi connectivity index (χ4v) is 2.58. The minimum atomic E-state index is 0.709. The number of aromatic nitrogens is 2. The summed E-state index contributed by atoms with van der Waals surface area (Å²) < 4.78 is 6.36. The van der Waals surface area contributed by atoms with Gasteiger partial charge < -0.3 is 9.64 Å². The molecular weight excluding hydrogens is 238 g/mol. The van der Waals surface area contributed by atoms with Crippen molar-refractivity contribution in [2.45, 2.75) is 0 Å². The summed E-state index contributed by atoms with van der Waals surface area (Å²) in [5, 5.41) is 0.709. The first kappa shape index (κ1) is 10.7. The second-order valence-corrected chi connectivity index (χ2v) is 4.80. The number of hydrazine groups is 1. The van der Waals surface area contributed by atoms with E-state index in [1.54, 1.807) is 0 Å². The predicted octanol–water partition coefficient (Wildman–Crippen LogP) is 0.813. The third kappa shape index (κ3) is 2.04. The van der Waals surface area contributed by atoms with Gasteiger partial charge in [-0.1, -0.05) is 11.3 Å². The second-order valence-electron chi connectivity index (χ2n) is 3.77. The third-order valence-corrected chi connectivity index (χ3v) is 3.66. The Morgan fingerprint density at radius 2 is 2.24 bits per heavy atom. The number of hydrogen-bond donors (Lipinski definition) is 2. The average molecular weight is 251 g/mol. The Balaban J connectivity index is 1.94. The zero-order valence-electron chi connectivity index (χ0n) is 9.22. The van der Waals surface area contributed by atoms with Crippen molar-refractivity contribution < 1.29 is 4.74 Å². The number of fused-ring (bicyclic) bond motifs is 1. The van der Waals surface area contributed by atoms with Gasteiger partial charge >= 0.3 is 0 Å². The number of rotatable bonds is 2. The summed E-state index contributed by atoms with van der Waals surface area (Å²) in [6, 6.07) is 2.00. The average Bonchev–Trinajstić information content (AvgIpc) is 2.81. The molecule has 17 heavy (non-hydrogen) atoms. The summed E-state index contributed by atoms with van der Waals surface area (Å²) >= 11 is 1.50. The smallest absolute Gasteiger partial charge is 0.198 e. The fraction of sp³-hybridized carbons (Fsp3) is 0.400. The molecule has 0 saturated carbocycles. The third-order valence-electron chi connectivity index (χ3n) is 2.72. The number of nitrogen functional groups attached to an aromatic ring is 1. The van der Waals surface area contributed by atoms with Crippen LogP contribution in [0.2, 0.25) is 0 Å². The Morgan fingerprint density at radius 3 is 3.00 bits per heavy atom. The molecule has 0 aromatic carbocycles. The summed E-state index contributed by atoms with van der Waals surface area (Å²) in [6.07, 6.45) is 1.85. The lowest BCUT2D eigenvalue weighted by Gasteiger charge is -2.27. The van der Waals surface area contributed by atoms with Gasteiger partial charge in [-0.2, -0.15) is 0 Å². The Morgan fingerprint density at radius 1 is 1.41 bits per heavy atom. The van der Waals surface area contributed by atoms with Crippen LogP contribution in [0.25, 0.3) is 10.2 Å². The fourth-order valence-electron chi connectivity index (χ4n) is 1.85. The molecule has 0 unspecified atom stereocenters. The molecule has 3 rings (SSSR count). The van der Waals surface area contributed by atoms with Gasteiger partial charge in [0.05, 0.1) is 23.4 Å². The Kier molecular flexibility index (Phi) is 2.79. The molecule has 1 aliphatic rings. The maximum absolute atomic E-state index is 5.35. The van der Waals surface area contributed by atoms with Crippen LogP contribution in [0.4, 0.5) is 10.9 Å². The highest BCUT2D eigenvalue weighted by Gasteiger charge is 2.13. The Labute approximate surface area is 102 Å². The molecule has 0 amide bonds. The van der Waals surface area contributed by atoms with Crippen LogP contribution in [-0.2, 0) is 4.74 Å². The van der Waals surface area contributed by atoms with Crippen LogP contribution in [0.3, 0.4) is 0 Å². The topological polar surface area (TPSA) is 76.3 Å². The van der Waals surface area contributed by atoms with E-state index in [0.717, 1.165) is 42.3 Å². The van der Waals surface area contributed by atoms with Gasteiger partial charge in [0.2, 0.25) is 0 Å². The van der Waals surface area contributed by atoms with E-state index in [9.17, 15) is 0 Å². The van der Waals surface area contributed by atoms with E-state index in [1.165, 1.54) is 11.3 Å². The number of morpholine rings is 1. The minimum absolute atomic E-state index is 0.709. The molecule has 3 heterocycles. The van der Waals surface area contributed by atoms with Gasteiger partial charge in [0.1, 0.15) is 5.82 Å². The molecule has 2 aromatic rings. The molecule has 0 bridgehead atoms. The number of thiazole rings is 1. The number of nitrogens with two attached hydrogens (primary N) is 1. The molecule has 0 spiro atoms. The van der Waals surface area contributed by atoms with Gasteiger partial charge in [-0.3, -0.25) is 5.43 Å². The molecule has 6 nitrogen and oxygen atoms in total. The van der Waals surface area contributed by atoms with E-state index in [-0.39, 0.29) is 0 Å². The van der Waals surface area contributed by atoms with Crippen LogP contribution < -0.4 is 16.2 Å². The zero-order valence-corrected chi connectivity index (χ0v) is 10.0. The minimum Gasteiger partial charge on any atom is -0.378 e. The number of ether oxygens (including phenoxy) is 1. The van der Waals surface area contributed by atoms with E-state index in [2.05, 4.69) is 20.3 Å². The Bertz CT molecular complexity index is 522. The van der Waals surface area contributed by atoms with Gasteiger partial charge in [0.25, 0.3) is 0 Å². The summed E-state index contributed by atoms with van der Waals surface area (Å²) in [4.78, 5) is 11.0. The number of pyridine rings is 1. The first-order valence-corrected chi connectivity index (χ1v) is 6.24. The normalized spacial score (nSPS) is 16.4. The van der Waals surface area contributed by atoms with Crippen molar-refractivity contribution in [1.82, 2.24) is 9.97 Å². The van der Waals surface area contributed by atoms with E-state index < -0.39 is 0 Å². The van der Waals surface area contributed by atoms with Gasteiger partial charge in [0, 0.05) is 25.4 Å². The lowest BCUT2D eigenvalue weighted by Crippen LogP contribution is -2.36. The molecule has 1 saturated heterocycles. The first-order valence-electron chi connectivity index (χ1n) is 5.43. The molecule has 3 N–H and O–H groups in total. The van der Waals surface area contributed by atoms with Crippen molar-refractivity contribution >= 4 is 32.5 Å². The summed E-state index contributed by atoms with van der Waals surface area (Å²) in [5.41, 5.74) is 3.49. The standard InChI is InChI=1S/C10H13N5OS/c11-14-10-13-7-5-9(12-6-8(7)17-10)15-1-3-16-4-2-15/h5-6H,1-4,11H2,(H,13,14). The summed E-state index contributed by atoms with van der Waals surface area (Å²) in [6.45, 7) is 3.27. The predicted molar refractivity (Wildman–Crippen MR) is 68.3 cm³/mol. The number of nitrogens with zero attached hydrogens (tertiary/aromatic N) is 3. The van der Waals surface area contributed by atoms with E-state index >= 15 is 0 Å². The SMILES string of the molecule is NNc1nc2cc(N3CCOCC3)ncc2s1. The van der Waals surface area contributed by atoms with Crippen LogP contribution in [0.1, 0.15) is 0 Å². The largest absolute Gasteiger partial charge is 0.378 e. The molecular formula is C10H13N5OS. The molecule has 1 fully saturated rings. The van der Waals surface area contributed by atoms with Crippen molar-refractivity contribution in [1.29, 1.82) is 0 Å². The van der Waals surface area contributed by atoms with Crippen molar-refractivity contribution in [2.75, 3.05) is 36.6 Å². The van der Waals surface area contributed by atoms with E-state index in [0.29, 0.717) is 5.13 Å². The zero-order chi connectivity index (χ0) is 11.7. The van der Waals surface area contributed by atoms with Gasteiger partial charge in [-0.15, -0.1) is 0 Å². The summed E-state index contributed by atoms with van der Waals surface area (Å²) in [5.74, 6) is 6.30. The second kappa shape index (κ2) is 4.44. The number of anilines is 2. The van der Waals surface area contributed by atoms with Crippen LogP contribution in [0.15, 0.2) is 12.3 Å². The van der Waals surface area contributed by atoms with Crippen molar-refractivity contribution in [3.63, 3.8) is 0 Å². The highest BCUT2D eigenvalue weighted by atomic mass is 32.1. The quantitative estimate of drug-likeness (QED) is 0.607. The van der Waals surface area contributed by atoms with E-state index in [4.69, 9.17) is 10.6 Å². The monoisotopic (exact) mass is 251 g/mol. The molecule has 0 radical (unpaired) electrons. The van der Waals surface area contributed by atoms with Crippen LogP contribution in [-0.4, -0.2) is 36.3 Å². The molecule has 90 valence electrons.